The molecule has 1 aliphatic rings. The van der Waals surface area contributed by atoms with E-state index < -0.39 is 0 Å². The minimum absolute atomic E-state index is 0. The lowest BCUT2D eigenvalue weighted by Gasteiger charge is -2.35. The maximum absolute atomic E-state index is 3.42. The maximum atomic E-state index is 3.42. The predicted octanol–water partition coefficient (Wildman–Crippen LogP) is 3.50. The molecule has 0 bridgehead atoms. The highest BCUT2D eigenvalue weighted by atomic mass is 35.5. The van der Waals surface area contributed by atoms with E-state index in [0.29, 0.717) is 6.04 Å². The second-order valence-corrected chi connectivity index (χ2v) is 5.05. The van der Waals surface area contributed by atoms with Gasteiger partial charge in [-0.1, -0.05) is 25.1 Å². The maximum Gasteiger partial charge on any atom is 0.0346 e. The largest absolute Gasteiger partial charge is 0.314 e. The minimum atomic E-state index is 0. The number of nitrogens with one attached hydrogen (secondary N) is 1. The van der Waals surface area contributed by atoms with Gasteiger partial charge in [0.25, 0.3) is 0 Å². The highest BCUT2D eigenvalue weighted by molar-refractivity contribution is 5.85. The molecule has 0 aromatic heterocycles. The Bertz CT molecular complexity index is 376. The summed E-state index contributed by atoms with van der Waals surface area (Å²) >= 11 is 0. The smallest absolute Gasteiger partial charge is 0.0346 e. The summed E-state index contributed by atoms with van der Waals surface area (Å²) < 4.78 is 0. The van der Waals surface area contributed by atoms with Crippen molar-refractivity contribution in [3.8, 4) is 0 Å². The Balaban J connectivity index is 0.00000162. The number of halogens is 2. The normalized spacial score (nSPS) is 17.2. The summed E-state index contributed by atoms with van der Waals surface area (Å²) in [6.45, 7) is 11.3. The Hall–Kier alpha value is -0.280. The highest BCUT2D eigenvalue weighted by Gasteiger charge is 2.20. The monoisotopic (exact) mass is 304 g/mol. The third kappa shape index (κ3) is 4.64. The van der Waals surface area contributed by atoms with E-state index in [-0.39, 0.29) is 24.8 Å². The summed E-state index contributed by atoms with van der Waals surface area (Å²) in [4.78, 5) is 2.61. The SMILES string of the molecule is CC[C@H](c1ccc(C)c(C)c1)N1CCNCC1.Cl.Cl. The van der Waals surface area contributed by atoms with Gasteiger partial charge in [-0.05, 0) is 37.0 Å². The lowest BCUT2D eigenvalue weighted by molar-refractivity contribution is 0.169. The first-order chi connectivity index (χ1) is 8.22. The van der Waals surface area contributed by atoms with Crippen LogP contribution in [0.15, 0.2) is 18.2 Å². The van der Waals surface area contributed by atoms with Gasteiger partial charge in [0, 0.05) is 32.2 Å². The van der Waals surface area contributed by atoms with E-state index in [9.17, 15) is 0 Å². The molecule has 1 fully saturated rings. The molecule has 0 unspecified atom stereocenters. The molecule has 0 radical (unpaired) electrons. The zero-order valence-electron chi connectivity index (χ0n) is 12.1. The summed E-state index contributed by atoms with van der Waals surface area (Å²) in [6, 6.07) is 7.52. The van der Waals surface area contributed by atoms with Crippen LogP contribution in [-0.2, 0) is 0 Å². The Kier molecular flexibility index (Phi) is 8.67. The van der Waals surface area contributed by atoms with Crippen LogP contribution in [0, 0.1) is 13.8 Å². The quantitative estimate of drug-likeness (QED) is 0.919. The van der Waals surface area contributed by atoms with Gasteiger partial charge in [-0.3, -0.25) is 4.90 Å². The van der Waals surface area contributed by atoms with Crippen LogP contribution in [0.25, 0.3) is 0 Å². The predicted molar refractivity (Wildman–Crippen MR) is 87.9 cm³/mol. The molecular formula is C15H26Cl2N2. The molecular weight excluding hydrogens is 279 g/mol. The molecule has 1 atom stereocenters. The molecule has 4 heteroatoms. The molecule has 0 spiro atoms. The molecule has 2 nitrogen and oxygen atoms in total. The Morgan fingerprint density at radius 2 is 1.74 bits per heavy atom. The summed E-state index contributed by atoms with van der Waals surface area (Å²) in [7, 11) is 0. The average Bonchev–Trinajstić information content (AvgIpc) is 2.36. The molecule has 0 aliphatic carbocycles. The molecule has 1 saturated heterocycles. The molecule has 0 amide bonds. The Morgan fingerprint density at radius 1 is 1.11 bits per heavy atom. The van der Waals surface area contributed by atoms with Gasteiger partial charge in [-0.25, -0.2) is 0 Å². The van der Waals surface area contributed by atoms with E-state index in [4.69, 9.17) is 0 Å². The Morgan fingerprint density at radius 3 is 2.26 bits per heavy atom. The van der Waals surface area contributed by atoms with Crippen LogP contribution in [0.4, 0.5) is 0 Å². The van der Waals surface area contributed by atoms with Crippen LogP contribution in [0.5, 0.6) is 0 Å². The standard InChI is InChI=1S/C15H24N2.2ClH/c1-4-15(17-9-7-16-8-10-17)14-6-5-12(2)13(3)11-14;;/h5-6,11,15-16H,4,7-10H2,1-3H3;2*1H/t15-;;/m1../s1. The molecule has 19 heavy (non-hydrogen) atoms. The number of benzene rings is 1. The zero-order valence-corrected chi connectivity index (χ0v) is 13.7. The van der Waals surface area contributed by atoms with Crippen LogP contribution in [0.3, 0.4) is 0 Å². The van der Waals surface area contributed by atoms with Gasteiger partial charge >= 0.3 is 0 Å². The first-order valence-electron chi connectivity index (χ1n) is 6.74. The molecule has 2 rings (SSSR count). The van der Waals surface area contributed by atoms with E-state index in [0.717, 1.165) is 13.1 Å². The van der Waals surface area contributed by atoms with Crippen molar-refractivity contribution in [1.29, 1.82) is 0 Å². The molecule has 1 aromatic carbocycles. The molecule has 1 heterocycles. The second kappa shape index (κ2) is 8.80. The fourth-order valence-electron chi connectivity index (χ4n) is 2.67. The molecule has 1 N–H and O–H groups in total. The molecule has 110 valence electrons. The van der Waals surface area contributed by atoms with Gasteiger partial charge < -0.3 is 5.32 Å². The van der Waals surface area contributed by atoms with Crippen molar-refractivity contribution >= 4 is 24.8 Å². The molecule has 0 saturated carbocycles. The molecule has 1 aromatic rings. The van der Waals surface area contributed by atoms with Crippen molar-refractivity contribution in [2.45, 2.75) is 33.2 Å². The van der Waals surface area contributed by atoms with E-state index in [1.165, 1.54) is 36.2 Å². The lowest BCUT2D eigenvalue weighted by Crippen LogP contribution is -2.45. The summed E-state index contributed by atoms with van der Waals surface area (Å²) in [6.07, 6.45) is 1.20. The lowest BCUT2D eigenvalue weighted by atomic mass is 9.98. The van der Waals surface area contributed by atoms with Crippen molar-refractivity contribution in [1.82, 2.24) is 10.2 Å². The number of rotatable bonds is 3. The van der Waals surface area contributed by atoms with E-state index in [2.05, 4.69) is 49.2 Å². The number of hydrogen-bond donors (Lipinski definition) is 1. The number of aryl methyl sites for hydroxylation is 2. The number of hydrogen-bond acceptors (Lipinski definition) is 2. The van der Waals surface area contributed by atoms with Gasteiger partial charge in [-0.2, -0.15) is 0 Å². The van der Waals surface area contributed by atoms with Crippen LogP contribution in [-0.4, -0.2) is 31.1 Å². The van der Waals surface area contributed by atoms with Crippen LogP contribution >= 0.6 is 24.8 Å². The first kappa shape index (κ1) is 18.7. The number of piperazine rings is 1. The summed E-state index contributed by atoms with van der Waals surface area (Å²) in [5.41, 5.74) is 4.29. The van der Waals surface area contributed by atoms with Gasteiger partial charge in [0.1, 0.15) is 0 Å². The van der Waals surface area contributed by atoms with E-state index in [1.807, 2.05) is 0 Å². The van der Waals surface area contributed by atoms with Gasteiger partial charge in [-0.15, -0.1) is 24.8 Å². The zero-order chi connectivity index (χ0) is 12.3. The van der Waals surface area contributed by atoms with Crippen LogP contribution in [0.2, 0.25) is 0 Å². The third-order valence-electron chi connectivity index (χ3n) is 3.89. The fraction of sp³-hybridized carbons (Fsp3) is 0.600. The average molecular weight is 305 g/mol. The summed E-state index contributed by atoms with van der Waals surface area (Å²) in [5, 5.41) is 3.42. The van der Waals surface area contributed by atoms with Crippen LogP contribution in [0.1, 0.15) is 36.1 Å². The highest BCUT2D eigenvalue weighted by Crippen LogP contribution is 2.26. The number of nitrogens with zero attached hydrogens (tertiary/aromatic N) is 1. The van der Waals surface area contributed by atoms with Crippen molar-refractivity contribution in [2.75, 3.05) is 26.2 Å². The topological polar surface area (TPSA) is 15.3 Å². The van der Waals surface area contributed by atoms with E-state index >= 15 is 0 Å². The minimum Gasteiger partial charge on any atom is -0.314 e. The Labute approximate surface area is 129 Å². The van der Waals surface area contributed by atoms with Crippen LogP contribution < -0.4 is 5.32 Å². The summed E-state index contributed by atoms with van der Waals surface area (Å²) in [5.74, 6) is 0. The fourth-order valence-corrected chi connectivity index (χ4v) is 2.67. The van der Waals surface area contributed by atoms with Gasteiger partial charge in [0.15, 0.2) is 0 Å². The van der Waals surface area contributed by atoms with Gasteiger partial charge in [0.2, 0.25) is 0 Å². The van der Waals surface area contributed by atoms with Crippen molar-refractivity contribution in [2.24, 2.45) is 0 Å². The van der Waals surface area contributed by atoms with Crippen molar-refractivity contribution in [3.63, 3.8) is 0 Å². The van der Waals surface area contributed by atoms with Crippen molar-refractivity contribution < 1.29 is 0 Å². The van der Waals surface area contributed by atoms with E-state index in [1.54, 1.807) is 0 Å². The van der Waals surface area contributed by atoms with Crippen molar-refractivity contribution in [3.05, 3.63) is 34.9 Å². The second-order valence-electron chi connectivity index (χ2n) is 5.05. The molecule has 1 aliphatic heterocycles. The van der Waals surface area contributed by atoms with Gasteiger partial charge in [0.05, 0.1) is 0 Å². The first-order valence-corrected chi connectivity index (χ1v) is 6.74. The third-order valence-corrected chi connectivity index (χ3v) is 3.89.